The second-order valence-electron chi connectivity index (χ2n) is 9.13. The monoisotopic (exact) mass is 504 g/mol. The minimum absolute atomic E-state index is 0.0875. The maximum absolute atomic E-state index is 13.9. The molecule has 3 aromatic carbocycles. The van der Waals surface area contributed by atoms with Crippen LogP contribution in [0, 0.1) is 11.8 Å². The molecule has 0 bridgehead atoms. The fourth-order valence-electron chi connectivity index (χ4n) is 5.47. The highest BCUT2D eigenvalue weighted by Crippen LogP contribution is 2.59. The molecule has 2 unspecified atom stereocenters. The summed E-state index contributed by atoms with van der Waals surface area (Å²) in [7, 11) is -0.889. The lowest BCUT2D eigenvalue weighted by Gasteiger charge is -2.50. The third-order valence-electron chi connectivity index (χ3n) is 7.27. The number of allylic oxidation sites excluding steroid dienone is 1. The van der Waals surface area contributed by atoms with Crippen LogP contribution in [-0.4, -0.2) is 34.4 Å². The Bertz CT molecular complexity index is 1320. The maximum Gasteiger partial charge on any atom is 0.336 e. The van der Waals surface area contributed by atoms with Crippen LogP contribution in [0.5, 0.6) is 0 Å². The molecule has 2 atom stereocenters. The van der Waals surface area contributed by atoms with Crippen molar-refractivity contribution in [2.24, 2.45) is 11.8 Å². The molecular formula is C29H28O6S. The van der Waals surface area contributed by atoms with Crippen molar-refractivity contribution >= 4 is 15.8 Å². The van der Waals surface area contributed by atoms with Gasteiger partial charge >= 0.3 is 5.97 Å². The van der Waals surface area contributed by atoms with E-state index >= 15 is 0 Å². The predicted octanol–water partition coefficient (Wildman–Crippen LogP) is 5.08. The smallest absolute Gasteiger partial charge is 0.336 e. The molecular weight excluding hydrogens is 476 g/mol. The molecule has 3 aromatic rings. The van der Waals surface area contributed by atoms with E-state index in [9.17, 15) is 13.2 Å². The highest BCUT2D eigenvalue weighted by molar-refractivity contribution is 7.95. The second kappa shape index (κ2) is 9.65. The number of rotatable bonds is 8. The molecule has 36 heavy (non-hydrogen) atoms. The van der Waals surface area contributed by atoms with Crippen molar-refractivity contribution in [1.29, 1.82) is 0 Å². The van der Waals surface area contributed by atoms with Crippen LogP contribution in [-0.2, 0) is 28.8 Å². The Kier molecular flexibility index (Phi) is 6.55. The highest BCUT2D eigenvalue weighted by atomic mass is 32.2. The molecule has 0 aliphatic heterocycles. The summed E-state index contributed by atoms with van der Waals surface area (Å²) in [6.45, 7) is 0. The first-order valence-electron chi connectivity index (χ1n) is 11.9. The van der Waals surface area contributed by atoms with Gasteiger partial charge in [0.2, 0.25) is 9.84 Å². The lowest BCUT2D eigenvalue weighted by atomic mass is 9.67. The van der Waals surface area contributed by atoms with E-state index < -0.39 is 33.6 Å². The fraction of sp³-hybridized carbons (Fsp3) is 0.276. The van der Waals surface area contributed by atoms with Crippen molar-refractivity contribution in [2.45, 2.75) is 29.6 Å². The lowest BCUT2D eigenvalue weighted by Crippen LogP contribution is -2.56. The third kappa shape index (κ3) is 4.07. The van der Waals surface area contributed by atoms with Crippen LogP contribution in [0.25, 0.3) is 0 Å². The van der Waals surface area contributed by atoms with Gasteiger partial charge < -0.3 is 14.2 Å². The van der Waals surface area contributed by atoms with Gasteiger partial charge in [-0.2, -0.15) is 0 Å². The molecule has 0 aromatic heterocycles. The summed E-state index contributed by atoms with van der Waals surface area (Å²) in [5, 5.41) is 0. The van der Waals surface area contributed by atoms with Gasteiger partial charge in [-0.1, -0.05) is 78.9 Å². The number of carbonyl (C=O) groups is 1. The van der Waals surface area contributed by atoms with Crippen molar-refractivity contribution in [2.75, 3.05) is 14.2 Å². The van der Waals surface area contributed by atoms with E-state index in [1.54, 1.807) is 30.3 Å². The van der Waals surface area contributed by atoms with E-state index in [2.05, 4.69) is 0 Å². The molecule has 0 heterocycles. The predicted molar refractivity (Wildman–Crippen MR) is 134 cm³/mol. The number of sulfone groups is 1. The summed E-state index contributed by atoms with van der Waals surface area (Å²) in [5.41, 5.74) is 1.70. The van der Waals surface area contributed by atoms with Crippen LogP contribution in [0.2, 0.25) is 0 Å². The summed E-state index contributed by atoms with van der Waals surface area (Å²) >= 11 is 0. The number of carbonyl (C=O) groups excluding carboxylic acids is 1. The van der Waals surface area contributed by atoms with Crippen molar-refractivity contribution in [3.63, 3.8) is 0 Å². The van der Waals surface area contributed by atoms with Gasteiger partial charge in [0.25, 0.3) is 0 Å². The van der Waals surface area contributed by atoms with Crippen molar-refractivity contribution in [1.82, 2.24) is 0 Å². The molecule has 0 amide bonds. The van der Waals surface area contributed by atoms with Gasteiger partial charge in [-0.25, -0.2) is 13.2 Å². The highest BCUT2D eigenvalue weighted by Gasteiger charge is 2.63. The second-order valence-corrected chi connectivity index (χ2v) is 11.1. The Labute approximate surface area is 211 Å². The van der Waals surface area contributed by atoms with Gasteiger partial charge in [0, 0.05) is 26.6 Å². The maximum atomic E-state index is 13.9. The minimum atomic E-state index is -3.92. The molecule has 0 spiro atoms. The van der Waals surface area contributed by atoms with E-state index in [1.165, 1.54) is 14.2 Å². The molecule has 0 radical (unpaired) electrons. The zero-order valence-electron chi connectivity index (χ0n) is 20.2. The van der Waals surface area contributed by atoms with Crippen LogP contribution in [0.1, 0.15) is 30.1 Å². The number of methoxy groups -OCH3 is 2. The molecule has 1 saturated carbocycles. The number of esters is 1. The van der Waals surface area contributed by atoms with Crippen LogP contribution in [0.3, 0.4) is 0 Å². The molecule has 6 nitrogen and oxygen atoms in total. The third-order valence-corrected chi connectivity index (χ3v) is 9.20. The topological polar surface area (TPSA) is 78.9 Å². The average molecular weight is 505 g/mol. The molecule has 7 heteroatoms. The lowest BCUT2D eigenvalue weighted by molar-refractivity contribution is -0.297. The van der Waals surface area contributed by atoms with Gasteiger partial charge in [0.05, 0.1) is 15.4 Å². The van der Waals surface area contributed by atoms with E-state index in [-0.39, 0.29) is 27.7 Å². The first kappa shape index (κ1) is 24.4. The quantitative estimate of drug-likeness (QED) is 0.315. The van der Waals surface area contributed by atoms with Gasteiger partial charge in [0.15, 0.2) is 11.9 Å². The van der Waals surface area contributed by atoms with E-state index in [0.717, 1.165) is 11.1 Å². The van der Waals surface area contributed by atoms with E-state index in [0.29, 0.717) is 6.42 Å². The molecule has 0 saturated heterocycles. The SMILES string of the molecule is COC1(OC)CC2CC(S(=O)(=O)c3ccccc3)=C(C(=O)OC(c3ccccc3)c3ccccc3)C21. The fourth-order valence-corrected chi connectivity index (χ4v) is 7.21. The van der Waals surface area contributed by atoms with E-state index in [1.807, 2.05) is 60.7 Å². The number of benzene rings is 3. The van der Waals surface area contributed by atoms with Gasteiger partial charge in [-0.15, -0.1) is 0 Å². The molecule has 5 rings (SSSR count). The first-order valence-corrected chi connectivity index (χ1v) is 13.3. The van der Waals surface area contributed by atoms with Crippen molar-refractivity contribution in [3.05, 3.63) is 113 Å². The summed E-state index contributed by atoms with van der Waals surface area (Å²) in [4.78, 5) is 14.2. The Balaban J connectivity index is 1.60. The molecule has 186 valence electrons. The average Bonchev–Trinajstić information content (AvgIpc) is 3.24. The normalized spacial score (nSPS) is 20.6. The van der Waals surface area contributed by atoms with Gasteiger partial charge in [-0.05, 0) is 35.6 Å². The van der Waals surface area contributed by atoms with Crippen molar-refractivity contribution < 1.29 is 27.4 Å². The van der Waals surface area contributed by atoms with E-state index in [4.69, 9.17) is 14.2 Å². The minimum Gasteiger partial charge on any atom is -0.449 e. The standard InChI is InChI=1S/C29H28O6S/c1-33-29(34-2)19-22-18-24(36(31,32)23-16-10-5-11-17-23)25(26(22)29)28(30)35-27(20-12-6-3-7-13-20)21-14-8-4-9-15-21/h3-17,22,26-27H,18-19H2,1-2H3. The Morgan fingerprint density at radius 1 is 0.833 bits per heavy atom. The summed E-state index contributed by atoms with van der Waals surface area (Å²) in [6, 6.07) is 27.0. The Morgan fingerprint density at radius 2 is 1.33 bits per heavy atom. The first-order chi connectivity index (χ1) is 17.4. The summed E-state index contributed by atoms with van der Waals surface area (Å²) in [5.74, 6) is -2.37. The Morgan fingerprint density at radius 3 is 1.83 bits per heavy atom. The molecule has 2 aliphatic carbocycles. The number of fused-ring (bicyclic) bond motifs is 1. The molecule has 1 fully saturated rings. The van der Waals surface area contributed by atoms with Crippen LogP contribution in [0.4, 0.5) is 0 Å². The summed E-state index contributed by atoms with van der Waals surface area (Å²) in [6.07, 6.45) is 0.0322. The number of ether oxygens (including phenoxy) is 3. The van der Waals surface area contributed by atoms with Crippen molar-refractivity contribution in [3.8, 4) is 0 Å². The zero-order chi connectivity index (χ0) is 25.3. The van der Waals surface area contributed by atoms with Crippen LogP contribution < -0.4 is 0 Å². The number of hydrogen-bond acceptors (Lipinski definition) is 6. The van der Waals surface area contributed by atoms with Gasteiger partial charge in [0.1, 0.15) is 0 Å². The zero-order valence-corrected chi connectivity index (χ0v) is 21.0. The van der Waals surface area contributed by atoms with Crippen LogP contribution in [0.15, 0.2) is 106 Å². The summed E-state index contributed by atoms with van der Waals surface area (Å²) < 4.78 is 45.0. The van der Waals surface area contributed by atoms with Gasteiger partial charge in [-0.3, -0.25) is 0 Å². The Hall–Kier alpha value is -3.26. The van der Waals surface area contributed by atoms with Crippen LogP contribution >= 0.6 is 0 Å². The largest absolute Gasteiger partial charge is 0.449 e. The number of hydrogen-bond donors (Lipinski definition) is 0. The molecule has 0 N–H and O–H groups in total. The molecule has 2 aliphatic rings.